The molecule has 0 atom stereocenters. The predicted octanol–water partition coefficient (Wildman–Crippen LogP) is 4.93. The molecule has 20 heteroatoms. The largest absolute Gasteiger partial charge is 0.355 e. The fourth-order valence-corrected chi connectivity index (χ4v) is 6.06. The van der Waals surface area contributed by atoms with Crippen LogP contribution in [0.15, 0.2) is 128 Å². The SMILES string of the molecule is CN(C)C=O.NS(=O)(=O)c1ccc(CCNC(=O)c2cc(-c3ccc(Cl)cc3)on2)cc1.NS(=O)(=O)c1ccc(CCNC(=O)c2cc(-c3ccc(Cl)cc3)on2)cc1. The highest BCUT2D eigenvalue weighted by Crippen LogP contribution is 2.23. The van der Waals surface area contributed by atoms with Gasteiger partial charge in [-0.3, -0.25) is 14.4 Å². The van der Waals surface area contributed by atoms with Crippen molar-refractivity contribution in [1.82, 2.24) is 25.8 Å². The average Bonchev–Trinajstić information content (AvgIpc) is 3.91. The maximum Gasteiger partial charge on any atom is 0.273 e. The molecule has 0 saturated carbocycles. The maximum atomic E-state index is 12.2. The van der Waals surface area contributed by atoms with Crippen LogP contribution in [-0.4, -0.2) is 77.5 Å². The van der Waals surface area contributed by atoms with E-state index in [1.54, 1.807) is 99.0 Å². The van der Waals surface area contributed by atoms with Crippen molar-refractivity contribution in [3.63, 3.8) is 0 Å². The van der Waals surface area contributed by atoms with Crippen LogP contribution in [-0.2, 0) is 37.7 Å². The number of primary sulfonamides is 2. The molecule has 310 valence electrons. The molecule has 0 aliphatic carbocycles. The van der Waals surface area contributed by atoms with Crippen LogP contribution < -0.4 is 20.9 Å². The van der Waals surface area contributed by atoms with Crippen LogP contribution in [0, 0.1) is 0 Å². The van der Waals surface area contributed by atoms with Crippen molar-refractivity contribution < 1.29 is 40.3 Å². The molecule has 0 unspecified atom stereocenters. The average molecular weight is 885 g/mol. The van der Waals surface area contributed by atoms with Crippen LogP contribution in [0.4, 0.5) is 0 Å². The number of hydrogen-bond acceptors (Lipinski definition) is 11. The van der Waals surface area contributed by atoms with Gasteiger partial charge in [-0.2, -0.15) is 0 Å². The van der Waals surface area contributed by atoms with Crippen LogP contribution in [0.5, 0.6) is 0 Å². The Morgan fingerprint density at radius 1 is 0.627 bits per heavy atom. The summed E-state index contributed by atoms with van der Waals surface area (Å²) in [5.74, 6) is 0.214. The van der Waals surface area contributed by atoms with Gasteiger partial charge in [0.25, 0.3) is 11.8 Å². The number of carbonyl (C=O) groups is 3. The van der Waals surface area contributed by atoms with Gasteiger partial charge < -0.3 is 24.6 Å². The topological polar surface area (TPSA) is 251 Å². The van der Waals surface area contributed by atoms with E-state index in [9.17, 15) is 31.2 Å². The summed E-state index contributed by atoms with van der Waals surface area (Å²) < 4.78 is 55.3. The lowest BCUT2D eigenvalue weighted by Crippen LogP contribution is -2.25. The molecule has 2 aromatic heterocycles. The number of rotatable bonds is 13. The Kier molecular flexibility index (Phi) is 16.5. The molecule has 0 saturated heterocycles. The summed E-state index contributed by atoms with van der Waals surface area (Å²) in [4.78, 5) is 35.3. The Morgan fingerprint density at radius 2 is 0.949 bits per heavy atom. The molecule has 2 heterocycles. The van der Waals surface area contributed by atoms with E-state index in [2.05, 4.69) is 20.9 Å². The van der Waals surface area contributed by atoms with Crippen LogP contribution in [0.1, 0.15) is 32.1 Å². The summed E-state index contributed by atoms with van der Waals surface area (Å²) in [6.07, 6.45) is 1.80. The first-order valence-corrected chi connectivity index (χ1v) is 21.1. The second-order valence-corrected chi connectivity index (χ2v) is 16.6. The van der Waals surface area contributed by atoms with Crippen LogP contribution in [0.25, 0.3) is 22.6 Å². The lowest BCUT2D eigenvalue weighted by molar-refractivity contribution is -0.115. The van der Waals surface area contributed by atoms with Crippen molar-refractivity contribution in [1.29, 1.82) is 0 Å². The summed E-state index contributed by atoms with van der Waals surface area (Å²) in [7, 11) is -4.04. The van der Waals surface area contributed by atoms with E-state index < -0.39 is 20.0 Å². The van der Waals surface area contributed by atoms with Gasteiger partial charge in [-0.15, -0.1) is 0 Å². The normalized spacial score (nSPS) is 10.9. The molecule has 0 fully saturated rings. The molecule has 6 aromatic rings. The van der Waals surface area contributed by atoms with Crippen molar-refractivity contribution in [3.05, 3.63) is 142 Å². The zero-order chi connectivity index (χ0) is 43.2. The second kappa shape index (κ2) is 21.2. The van der Waals surface area contributed by atoms with Crippen molar-refractivity contribution in [2.75, 3.05) is 27.2 Å². The van der Waals surface area contributed by atoms with Crippen LogP contribution in [0.3, 0.4) is 0 Å². The zero-order valence-electron chi connectivity index (χ0n) is 31.5. The Morgan fingerprint density at radius 3 is 1.24 bits per heavy atom. The van der Waals surface area contributed by atoms with Crippen LogP contribution >= 0.6 is 23.2 Å². The Balaban J connectivity index is 0.000000234. The number of sulfonamides is 2. The zero-order valence-corrected chi connectivity index (χ0v) is 34.7. The lowest BCUT2D eigenvalue weighted by Gasteiger charge is -2.04. The summed E-state index contributed by atoms with van der Waals surface area (Å²) >= 11 is 11.7. The first-order chi connectivity index (χ1) is 27.9. The highest BCUT2D eigenvalue weighted by molar-refractivity contribution is 7.89. The second-order valence-electron chi connectivity index (χ2n) is 12.6. The number of halogens is 2. The first-order valence-electron chi connectivity index (χ1n) is 17.3. The number of aromatic nitrogens is 2. The van der Waals surface area contributed by atoms with E-state index in [4.69, 9.17) is 42.5 Å². The molecule has 4 aromatic carbocycles. The van der Waals surface area contributed by atoms with Gasteiger partial charge in [-0.25, -0.2) is 27.1 Å². The minimum Gasteiger partial charge on any atom is -0.355 e. The third-order valence-electron chi connectivity index (χ3n) is 7.86. The minimum atomic E-state index is -3.71. The Hall–Kier alpha value is -5.89. The van der Waals surface area contributed by atoms with Crippen molar-refractivity contribution >= 4 is 61.5 Å². The van der Waals surface area contributed by atoms with E-state index in [-0.39, 0.29) is 33.0 Å². The first kappa shape index (κ1) is 45.8. The van der Waals surface area contributed by atoms with E-state index in [1.165, 1.54) is 29.2 Å². The van der Waals surface area contributed by atoms with Crippen molar-refractivity contribution in [2.24, 2.45) is 10.3 Å². The summed E-state index contributed by atoms with van der Waals surface area (Å²) in [6.45, 7) is 0.716. The highest BCUT2D eigenvalue weighted by Gasteiger charge is 2.15. The van der Waals surface area contributed by atoms with Gasteiger partial charge >= 0.3 is 0 Å². The van der Waals surface area contributed by atoms with E-state index in [0.29, 0.717) is 47.5 Å². The van der Waals surface area contributed by atoms with Crippen molar-refractivity contribution in [3.8, 4) is 22.6 Å². The molecule has 6 rings (SSSR count). The smallest absolute Gasteiger partial charge is 0.273 e. The van der Waals surface area contributed by atoms with E-state index in [1.807, 2.05) is 0 Å². The predicted molar refractivity (Wildman–Crippen MR) is 221 cm³/mol. The van der Waals surface area contributed by atoms with Gasteiger partial charge in [0.05, 0.1) is 9.79 Å². The molecule has 59 heavy (non-hydrogen) atoms. The van der Waals surface area contributed by atoms with Gasteiger partial charge in [-0.05, 0) is 96.8 Å². The number of nitrogens with two attached hydrogens (primary N) is 2. The van der Waals surface area contributed by atoms with Gasteiger partial charge in [0.15, 0.2) is 22.9 Å². The highest BCUT2D eigenvalue weighted by atomic mass is 35.5. The van der Waals surface area contributed by atoms with Gasteiger partial charge in [0.1, 0.15) is 0 Å². The fraction of sp³-hybridized carbons (Fsp3) is 0.154. The summed E-state index contributed by atoms with van der Waals surface area (Å²) in [6, 6.07) is 29.4. The molecule has 3 amide bonds. The number of nitrogens with zero attached hydrogens (tertiary/aromatic N) is 3. The molecule has 16 nitrogen and oxygen atoms in total. The Labute approximate surface area is 350 Å². The molecule has 6 N–H and O–H groups in total. The third kappa shape index (κ3) is 14.8. The van der Waals surface area contributed by atoms with Crippen molar-refractivity contribution in [2.45, 2.75) is 22.6 Å². The van der Waals surface area contributed by atoms with Gasteiger partial charge in [-0.1, -0.05) is 57.8 Å². The summed E-state index contributed by atoms with van der Waals surface area (Å²) in [5.41, 5.74) is 3.60. The van der Waals surface area contributed by atoms with Crippen LogP contribution in [0.2, 0.25) is 10.0 Å². The van der Waals surface area contributed by atoms with Gasteiger partial charge in [0.2, 0.25) is 26.5 Å². The third-order valence-corrected chi connectivity index (χ3v) is 10.2. The molecule has 0 spiro atoms. The minimum absolute atomic E-state index is 0.0487. The van der Waals surface area contributed by atoms with Gasteiger partial charge in [0, 0.05) is 60.5 Å². The molecule has 0 bridgehead atoms. The molecular formula is C39H39Cl2N7O9S2. The monoisotopic (exact) mass is 883 g/mol. The summed E-state index contributed by atoms with van der Waals surface area (Å²) in [5, 5.41) is 24.4. The number of nitrogens with one attached hydrogen (secondary N) is 2. The molecule has 0 aliphatic rings. The maximum absolute atomic E-state index is 12.2. The van der Waals surface area contributed by atoms with E-state index in [0.717, 1.165) is 28.7 Å². The van der Waals surface area contributed by atoms with E-state index >= 15 is 0 Å². The molecular weight excluding hydrogens is 846 g/mol. The number of benzene rings is 4. The lowest BCUT2D eigenvalue weighted by atomic mass is 10.1. The number of amides is 3. The standard InChI is InChI=1S/2C18H16ClN3O4S.C3H7NO/c2*19-14-5-3-13(4-6-14)17-11-16(22-26-17)18(23)21-10-9-12-1-7-15(8-2-12)27(20,24)25;1-4(2)3-5/h2*1-8,11H,9-10H2,(H,21,23)(H2,20,24,25);3H,1-2H3. The fourth-order valence-electron chi connectivity index (χ4n) is 4.78. The number of carbonyl (C=O) groups excluding carboxylic acids is 3. The quantitative estimate of drug-likeness (QED) is 0.113. The number of hydrogen-bond donors (Lipinski definition) is 4. The molecule has 0 radical (unpaired) electrons. The Bertz CT molecular complexity index is 2370. The molecule has 0 aliphatic heterocycles.